The average molecular weight is 735 g/mol. The van der Waals surface area contributed by atoms with Crippen molar-refractivity contribution in [1.29, 1.82) is 0 Å². The van der Waals surface area contributed by atoms with Crippen LogP contribution in [0.15, 0.2) is 83.6 Å². The van der Waals surface area contributed by atoms with Gasteiger partial charge < -0.3 is 25.4 Å². The summed E-state index contributed by atoms with van der Waals surface area (Å²) in [6.07, 6.45) is 7.12. The van der Waals surface area contributed by atoms with Crippen LogP contribution in [0, 0.1) is 18.3 Å². The van der Waals surface area contributed by atoms with E-state index in [2.05, 4.69) is 26.9 Å². The van der Waals surface area contributed by atoms with Crippen LogP contribution < -0.4 is 21.1 Å². The zero-order chi connectivity index (χ0) is 38.6. The maximum atomic E-state index is 13.5. The topological polar surface area (TPSA) is 148 Å². The van der Waals surface area contributed by atoms with Crippen molar-refractivity contribution in [2.24, 2.45) is 22.1 Å². The molecule has 2 aromatic heterocycles. The third-order valence-electron chi connectivity index (χ3n) is 9.89. The number of nitrogens with one attached hydrogen (secondary N) is 2. The predicted molar refractivity (Wildman–Crippen MR) is 211 cm³/mol. The minimum Gasteiger partial charge on any atom is -0.484 e. The number of amides is 3. The number of carbonyl (C=O) groups is 2. The highest BCUT2D eigenvalue weighted by Crippen LogP contribution is 2.39. The van der Waals surface area contributed by atoms with Gasteiger partial charge in [0.15, 0.2) is 5.65 Å². The maximum absolute atomic E-state index is 13.5. The molecule has 2 aromatic carbocycles. The van der Waals surface area contributed by atoms with E-state index in [1.807, 2.05) is 114 Å². The van der Waals surface area contributed by atoms with Gasteiger partial charge in [-0.05, 0) is 94.7 Å². The SMILES string of the molecule is Cc1ccc(N=C(C=C(N)C(C)(C)C)NC(=O)N[C@H]2CC[C@@H](Oc3ccc4nnc(CC5CCN(C(=O)OC(C)(C)C)CC5)n4c3)c3ccccc32)cc1. The number of rotatable bonds is 7. The second kappa shape index (κ2) is 15.9. The Morgan fingerprint density at radius 2 is 1.63 bits per heavy atom. The number of piperidine rings is 1. The Morgan fingerprint density at radius 1 is 0.926 bits per heavy atom. The number of amidine groups is 1. The second-order valence-corrected chi connectivity index (χ2v) is 16.5. The average Bonchev–Trinajstić information content (AvgIpc) is 3.51. The zero-order valence-electron chi connectivity index (χ0n) is 32.6. The number of benzene rings is 2. The number of likely N-dealkylation sites (tertiary alicyclic amines) is 1. The van der Waals surface area contributed by atoms with Gasteiger partial charge in [0.25, 0.3) is 0 Å². The molecule has 0 spiro atoms. The molecule has 6 rings (SSSR count). The van der Waals surface area contributed by atoms with E-state index in [4.69, 9.17) is 20.2 Å². The van der Waals surface area contributed by atoms with Gasteiger partial charge >= 0.3 is 12.1 Å². The molecular formula is C42H54N8O4. The molecule has 2 aliphatic rings. The number of carbonyl (C=O) groups excluding carboxylic acids is 2. The lowest BCUT2D eigenvalue weighted by atomic mass is 9.85. The van der Waals surface area contributed by atoms with Crippen LogP contribution in [-0.2, 0) is 11.2 Å². The summed E-state index contributed by atoms with van der Waals surface area (Å²) >= 11 is 0. The van der Waals surface area contributed by atoms with Crippen molar-refractivity contribution in [3.05, 3.63) is 101 Å². The highest BCUT2D eigenvalue weighted by atomic mass is 16.6. The number of pyridine rings is 1. The zero-order valence-corrected chi connectivity index (χ0v) is 32.6. The number of nitrogens with zero attached hydrogens (tertiary/aromatic N) is 5. The predicted octanol–water partition coefficient (Wildman–Crippen LogP) is 8.10. The van der Waals surface area contributed by atoms with Gasteiger partial charge in [0, 0.05) is 36.7 Å². The maximum Gasteiger partial charge on any atom is 0.410 e. The van der Waals surface area contributed by atoms with Crippen LogP contribution in [0.3, 0.4) is 0 Å². The molecule has 1 aliphatic heterocycles. The fourth-order valence-electron chi connectivity index (χ4n) is 6.75. The van der Waals surface area contributed by atoms with Gasteiger partial charge in [0.2, 0.25) is 0 Å². The number of hydrogen-bond acceptors (Lipinski definition) is 8. The quantitative estimate of drug-likeness (QED) is 0.128. The molecule has 0 unspecified atom stereocenters. The molecule has 4 N–H and O–H groups in total. The van der Waals surface area contributed by atoms with Crippen LogP contribution in [0.25, 0.3) is 5.65 Å². The number of nitrogens with two attached hydrogens (primary N) is 1. The first-order chi connectivity index (χ1) is 25.6. The normalized spacial score (nSPS) is 18.6. The van der Waals surface area contributed by atoms with Gasteiger partial charge in [-0.25, -0.2) is 14.6 Å². The third kappa shape index (κ3) is 9.77. The number of allylic oxidation sites excluding steroid dienone is 1. The van der Waals surface area contributed by atoms with Crippen molar-refractivity contribution in [3.8, 4) is 5.75 Å². The number of ether oxygens (including phenoxy) is 2. The van der Waals surface area contributed by atoms with Gasteiger partial charge in [-0.2, -0.15) is 0 Å². The molecular weight excluding hydrogens is 681 g/mol. The highest BCUT2D eigenvalue weighted by molar-refractivity contribution is 6.05. The van der Waals surface area contributed by atoms with E-state index < -0.39 is 5.60 Å². The van der Waals surface area contributed by atoms with Crippen LogP contribution in [0.4, 0.5) is 15.3 Å². The van der Waals surface area contributed by atoms with Gasteiger partial charge in [0.1, 0.15) is 29.1 Å². The molecule has 3 amide bonds. The van der Waals surface area contributed by atoms with E-state index in [0.717, 1.165) is 47.4 Å². The number of aromatic nitrogens is 3. The van der Waals surface area contributed by atoms with Crippen LogP contribution in [0.1, 0.15) is 102 Å². The van der Waals surface area contributed by atoms with E-state index >= 15 is 0 Å². The summed E-state index contributed by atoms with van der Waals surface area (Å²) in [5.74, 6) is 2.33. The summed E-state index contributed by atoms with van der Waals surface area (Å²) < 4.78 is 14.2. The van der Waals surface area contributed by atoms with Crippen LogP contribution in [0.2, 0.25) is 0 Å². The first-order valence-electron chi connectivity index (χ1n) is 18.9. The Morgan fingerprint density at radius 3 is 2.31 bits per heavy atom. The van der Waals surface area contributed by atoms with E-state index in [1.165, 1.54) is 0 Å². The van der Waals surface area contributed by atoms with Crippen molar-refractivity contribution in [3.63, 3.8) is 0 Å². The van der Waals surface area contributed by atoms with Crippen molar-refractivity contribution in [2.75, 3.05) is 13.1 Å². The molecule has 0 radical (unpaired) electrons. The van der Waals surface area contributed by atoms with Crippen molar-refractivity contribution in [2.45, 2.75) is 98.3 Å². The minimum absolute atomic E-state index is 0.204. The summed E-state index contributed by atoms with van der Waals surface area (Å²) in [6, 6.07) is 19.2. The molecule has 12 heteroatoms. The Balaban J connectivity index is 1.12. The third-order valence-corrected chi connectivity index (χ3v) is 9.89. The largest absolute Gasteiger partial charge is 0.484 e. The van der Waals surface area contributed by atoms with Crippen molar-refractivity contribution >= 4 is 29.3 Å². The summed E-state index contributed by atoms with van der Waals surface area (Å²) in [5.41, 5.74) is 10.8. The van der Waals surface area contributed by atoms with E-state index in [9.17, 15) is 9.59 Å². The van der Waals surface area contributed by atoms with E-state index in [-0.39, 0.29) is 29.7 Å². The molecule has 1 saturated heterocycles. The molecule has 3 heterocycles. The Bertz CT molecular complexity index is 2010. The molecule has 4 aromatic rings. The molecule has 0 saturated carbocycles. The molecule has 1 aliphatic carbocycles. The number of urea groups is 1. The number of fused-ring (bicyclic) bond motifs is 2. The molecule has 12 nitrogen and oxygen atoms in total. The lowest BCUT2D eigenvalue weighted by Gasteiger charge is -2.33. The second-order valence-electron chi connectivity index (χ2n) is 16.5. The lowest BCUT2D eigenvalue weighted by molar-refractivity contribution is 0.0183. The Labute approximate surface area is 318 Å². The fourth-order valence-corrected chi connectivity index (χ4v) is 6.75. The van der Waals surface area contributed by atoms with E-state index in [1.54, 1.807) is 11.0 Å². The van der Waals surface area contributed by atoms with Gasteiger partial charge in [0.05, 0.1) is 17.9 Å². The molecule has 2 atom stereocenters. The van der Waals surface area contributed by atoms with Crippen LogP contribution in [-0.4, -0.2) is 56.1 Å². The molecule has 1 fully saturated rings. The lowest BCUT2D eigenvalue weighted by Crippen LogP contribution is -2.42. The summed E-state index contributed by atoms with van der Waals surface area (Å²) in [7, 11) is 0. The smallest absolute Gasteiger partial charge is 0.410 e. The Hall–Kier alpha value is -5.39. The fraction of sp³-hybridized carbons (Fsp3) is 0.452. The standard InChI is InChI=1S/C42H54N8O4/c1-27-12-14-29(15-13-27)44-36(25-35(43)41(2,3)4)46-39(51)45-33-17-18-34(32-11-9-8-10-31(32)33)53-30-16-19-37-47-48-38(50(37)26-30)24-28-20-22-49(23-21-28)40(52)54-42(5,6)7/h8-16,19,25-26,28,33-34H,17-18,20-24,43H2,1-7H3,(H2,44,45,46,51)/t33-,34+/m0/s1. The number of aryl methyl sites for hydroxylation is 1. The summed E-state index contributed by atoms with van der Waals surface area (Å²) in [6.45, 7) is 15.1. The first-order valence-corrected chi connectivity index (χ1v) is 18.9. The highest BCUT2D eigenvalue weighted by Gasteiger charge is 2.31. The number of hydrogen-bond donors (Lipinski definition) is 3. The van der Waals surface area contributed by atoms with Gasteiger partial charge in [-0.15, -0.1) is 10.2 Å². The van der Waals surface area contributed by atoms with Gasteiger partial charge in [-0.3, -0.25) is 9.72 Å². The Kier molecular flexibility index (Phi) is 11.3. The molecule has 54 heavy (non-hydrogen) atoms. The van der Waals surface area contributed by atoms with Gasteiger partial charge in [-0.1, -0.05) is 62.7 Å². The van der Waals surface area contributed by atoms with Crippen LogP contribution >= 0.6 is 0 Å². The summed E-state index contributed by atoms with van der Waals surface area (Å²) in [4.78, 5) is 32.6. The van der Waals surface area contributed by atoms with Crippen molar-refractivity contribution < 1.29 is 19.1 Å². The minimum atomic E-state index is -0.509. The molecule has 286 valence electrons. The number of aliphatic imine (C=N–C) groups is 1. The molecule has 0 bridgehead atoms. The first kappa shape index (κ1) is 38.3. The van der Waals surface area contributed by atoms with Crippen molar-refractivity contribution in [1.82, 2.24) is 30.1 Å². The van der Waals surface area contributed by atoms with E-state index in [0.29, 0.717) is 54.8 Å². The summed E-state index contributed by atoms with van der Waals surface area (Å²) in [5, 5.41) is 15.1. The monoisotopic (exact) mass is 734 g/mol. The van der Waals surface area contributed by atoms with Crippen LogP contribution in [0.5, 0.6) is 5.75 Å².